The minimum Gasteiger partial charge on any atom is -0.307 e. The van der Waals surface area contributed by atoms with Crippen LogP contribution in [0.5, 0.6) is 0 Å². The highest BCUT2D eigenvalue weighted by atomic mass is 32.2. The van der Waals surface area contributed by atoms with Crippen molar-refractivity contribution >= 4 is 10.0 Å². The number of rotatable bonds is 4. The molecule has 2 unspecified atom stereocenters. The SMILES string of the molecule is CC(NC1CCCC1(C)C)c1cccc(S(N)(=O)=O)c1. The number of hydrogen-bond acceptors (Lipinski definition) is 3. The van der Waals surface area contributed by atoms with Crippen LogP contribution in [0.2, 0.25) is 0 Å². The second-order valence-corrected chi connectivity index (χ2v) is 8.00. The van der Waals surface area contributed by atoms with Crippen LogP contribution in [-0.2, 0) is 10.0 Å². The largest absolute Gasteiger partial charge is 0.307 e. The Morgan fingerprint density at radius 2 is 2.10 bits per heavy atom. The van der Waals surface area contributed by atoms with Crippen LogP contribution in [0.15, 0.2) is 29.2 Å². The maximum absolute atomic E-state index is 11.4. The highest BCUT2D eigenvalue weighted by molar-refractivity contribution is 7.89. The highest BCUT2D eigenvalue weighted by Gasteiger charge is 2.35. The number of nitrogens with one attached hydrogen (secondary N) is 1. The van der Waals surface area contributed by atoms with Gasteiger partial charge >= 0.3 is 0 Å². The van der Waals surface area contributed by atoms with Gasteiger partial charge in [0.1, 0.15) is 0 Å². The molecule has 3 N–H and O–H groups in total. The van der Waals surface area contributed by atoms with E-state index in [0.717, 1.165) is 5.56 Å². The molecule has 0 aromatic heterocycles. The second-order valence-electron chi connectivity index (χ2n) is 6.44. The van der Waals surface area contributed by atoms with Gasteiger partial charge in [0.25, 0.3) is 0 Å². The van der Waals surface area contributed by atoms with Crippen molar-refractivity contribution < 1.29 is 8.42 Å². The molecule has 1 fully saturated rings. The van der Waals surface area contributed by atoms with Crippen molar-refractivity contribution in [2.24, 2.45) is 10.6 Å². The molecule has 0 saturated heterocycles. The van der Waals surface area contributed by atoms with E-state index in [2.05, 4.69) is 26.1 Å². The Kier molecular flexibility index (Phi) is 4.23. The lowest BCUT2D eigenvalue weighted by molar-refractivity contribution is 0.266. The van der Waals surface area contributed by atoms with E-state index in [-0.39, 0.29) is 10.9 Å². The number of sulfonamides is 1. The molecule has 0 radical (unpaired) electrons. The molecule has 0 aliphatic heterocycles. The van der Waals surface area contributed by atoms with Gasteiger partial charge in [0.2, 0.25) is 10.0 Å². The first-order valence-corrected chi connectivity index (χ1v) is 8.63. The fraction of sp³-hybridized carbons (Fsp3) is 0.600. The molecule has 4 nitrogen and oxygen atoms in total. The van der Waals surface area contributed by atoms with E-state index in [9.17, 15) is 8.42 Å². The monoisotopic (exact) mass is 296 g/mol. The molecule has 1 aromatic rings. The van der Waals surface area contributed by atoms with E-state index in [0.29, 0.717) is 11.5 Å². The average Bonchev–Trinajstić information content (AvgIpc) is 2.68. The molecular formula is C15H24N2O2S. The molecule has 5 heteroatoms. The molecule has 2 rings (SSSR count). The van der Waals surface area contributed by atoms with Crippen LogP contribution < -0.4 is 10.5 Å². The van der Waals surface area contributed by atoms with Gasteiger partial charge in [0.05, 0.1) is 4.90 Å². The summed E-state index contributed by atoms with van der Waals surface area (Å²) in [7, 11) is -3.64. The Bertz CT molecular complexity index is 581. The molecular weight excluding hydrogens is 272 g/mol. The predicted octanol–water partition coefficient (Wildman–Crippen LogP) is 2.56. The lowest BCUT2D eigenvalue weighted by atomic mass is 9.86. The molecule has 0 spiro atoms. The zero-order valence-electron chi connectivity index (χ0n) is 12.4. The van der Waals surface area contributed by atoms with Gasteiger partial charge in [-0.2, -0.15) is 0 Å². The Balaban J connectivity index is 2.16. The van der Waals surface area contributed by atoms with Gasteiger partial charge in [-0.3, -0.25) is 0 Å². The third-order valence-electron chi connectivity index (χ3n) is 4.40. The molecule has 0 bridgehead atoms. The van der Waals surface area contributed by atoms with Crippen molar-refractivity contribution in [3.63, 3.8) is 0 Å². The topological polar surface area (TPSA) is 72.2 Å². The molecule has 1 aliphatic carbocycles. The summed E-state index contributed by atoms with van der Waals surface area (Å²) in [5, 5.41) is 8.81. The minimum absolute atomic E-state index is 0.110. The van der Waals surface area contributed by atoms with Crippen molar-refractivity contribution in [3.05, 3.63) is 29.8 Å². The van der Waals surface area contributed by atoms with Crippen LogP contribution in [-0.4, -0.2) is 14.5 Å². The normalized spacial score (nSPS) is 23.7. The van der Waals surface area contributed by atoms with Crippen molar-refractivity contribution in [3.8, 4) is 0 Å². The van der Waals surface area contributed by atoms with Crippen LogP contribution >= 0.6 is 0 Å². The van der Waals surface area contributed by atoms with E-state index in [1.165, 1.54) is 25.3 Å². The summed E-state index contributed by atoms with van der Waals surface area (Å²) in [5.74, 6) is 0. The zero-order chi connectivity index (χ0) is 15.0. The number of hydrogen-bond donors (Lipinski definition) is 2. The van der Waals surface area contributed by atoms with Gasteiger partial charge in [0, 0.05) is 12.1 Å². The van der Waals surface area contributed by atoms with Gasteiger partial charge in [-0.25, -0.2) is 13.6 Å². The summed E-state index contributed by atoms with van der Waals surface area (Å²) >= 11 is 0. The molecule has 1 aromatic carbocycles. The number of benzene rings is 1. The van der Waals surface area contributed by atoms with E-state index < -0.39 is 10.0 Å². The van der Waals surface area contributed by atoms with Crippen LogP contribution in [0.25, 0.3) is 0 Å². The van der Waals surface area contributed by atoms with Crippen LogP contribution in [0.4, 0.5) is 0 Å². The Hall–Kier alpha value is -0.910. The Labute approximate surface area is 121 Å². The van der Waals surface area contributed by atoms with Crippen molar-refractivity contribution in [2.45, 2.75) is 57.0 Å². The van der Waals surface area contributed by atoms with Gasteiger partial charge in [-0.15, -0.1) is 0 Å². The smallest absolute Gasteiger partial charge is 0.238 e. The van der Waals surface area contributed by atoms with Crippen LogP contribution in [0, 0.1) is 5.41 Å². The van der Waals surface area contributed by atoms with Gasteiger partial charge < -0.3 is 5.32 Å². The first kappa shape index (κ1) is 15.5. The molecule has 0 heterocycles. The van der Waals surface area contributed by atoms with Crippen molar-refractivity contribution in [1.29, 1.82) is 0 Å². The van der Waals surface area contributed by atoms with Crippen molar-refractivity contribution in [2.75, 3.05) is 0 Å². The fourth-order valence-corrected chi connectivity index (χ4v) is 3.56. The van der Waals surface area contributed by atoms with Gasteiger partial charge in [-0.05, 0) is 42.9 Å². The lowest BCUT2D eigenvalue weighted by Gasteiger charge is -2.31. The number of nitrogens with two attached hydrogens (primary N) is 1. The molecule has 1 aliphatic rings. The van der Waals surface area contributed by atoms with Gasteiger partial charge in [0.15, 0.2) is 0 Å². The summed E-state index contributed by atoms with van der Waals surface area (Å²) in [6.07, 6.45) is 3.65. The van der Waals surface area contributed by atoms with Gasteiger partial charge in [-0.1, -0.05) is 32.4 Å². The zero-order valence-corrected chi connectivity index (χ0v) is 13.2. The van der Waals surface area contributed by atoms with E-state index in [1.54, 1.807) is 12.1 Å². The molecule has 2 atom stereocenters. The first-order valence-electron chi connectivity index (χ1n) is 7.09. The highest BCUT2D eigenvalue weighted by Crippen LogP contribution is 2.38. The van der Waals surface area contributed by atoms with Crippen molar-refractivity contribution in [1.82, 2.24) is 5.32 Å². The molecule has 0 amide bonds. The quantitative estimate of drug-likeness (QED) is 0.897. The Morgan fingerprint density at radius 1 is 1.40 bits per heavy atom. The number of primary sulfonamides is 1. The summed E-state index contributed by atoms with van der Waals surface area (Å²) < 4.78 is 22.8. The van der Waals surface area contributed by atoms with Crippen LogP contribution in [0.1, 0.15) is 51.6 Å². The molecule has 112 valence electrons. The summed E-state index contributed by atoms with van der Waals surface area (Å²) in [6.45, 7) is 6.63. The fourth-order valence-electron chi connectivity index (χ4n) is 2.99. The predicted molar refractivity (Wildman–Crippen MR) is 80.8 cm³/mol. The first-order chi connectivity index (χ1) is 9.20. The van der Waals surface area contributed by atoms with Crippen LogP contribution in [0.3, 0.4) is 0 Å². The molecule has 1 saturated carbocycles. The summed E-state index contributed by atoms with van der Waals surface area (Å²) in [5.41, 5.74) is 1.26. The Morgan fingerprint density at radius 3 is 2.65 bits per heavy atom. The maximum atomic E-state index is 11.4. The van der Waals surface area contributed by atoms with E-state index >= 15 is 0 Å². The maximum Gasteiger partial charge on any atom is 0.238 e. The lowest BCUT2D eigenvalue weighted by Crippen LogP contribution is -2.39. The average molecular weight is 296 g/mol. The summed E-state index contributed by atoms with van der Waals surface area (Å²) in [4.78, 5) is 0.175. The third kappa shape index (κ3) is 3.40. The molecule has 20 heavy (non-hydrogen) atoms. The third-order valence-corrected chi connectivity index (χ3v) is 5.31. The van der Waals surface area contributed by atoms with E-state index in [1.807, 2.05) is 6.07 Å². The second kappa shape index (κ2) is 5.47. The standard InChI is InChI=1S/C15H24N2O2S/c1-11(17-14-8-5-9-15(14,2)3)12-6-4-7-13(10-12)20(16,18)19/h4,6-7,10-11,14,17H,5,8-9H2,1-3H3,(H2,16,18,19). The van der Waals surface area contributed by atoms with E-state index in [4.69, 9.17) is 5.14 Å². The summed E-state index contributed by atoms with van der Waals surface area (Å²) in [6, 6.07) is 7.45. The minimum atomic E-state index is -3.64.